The summed E-state index contributed by atoms with van der Waals surface area (Å²) in [5.41, 5.74) is 0.928. The van der Waals surface area contributed by atoms with Crippen molar-refractivity contribution in [2.75, 3.05) is 13.1 Å². The van der Waals surface area contributed by atoms with Crippen LogP contribution in [0, 0.1) is 0 Å². The molecular weight excluding hydrogens is 366 g/mol. The van der Waals surface area contributed by atoms with Gasteiger partial charge >= 0.3 is 6.03 Å². The SMILES string of the molecule is CCCNC(=O)NCC1OC2CC(CC(=O)NCc3cnn(C)c3)OC2C1O. The lowest BCUT2D eigenvalue weighted by molar-refractivity contribution is -0.124. The van der Waals surface area contributed by atoms with Gasteiger partial charge in [-0.2, -0.15) is 5.10 Å². The van der Waals surface area contributed by atoms with Gasteiger partial charge in [0.25, 0.3) is 0 Å². The first-order valence-corrected chi connectivity index (χ1v) is 9.71. The number of ether oxygens (including phenoxy) is 2. The summed E-state index contributed by atoms with van der Waals surface area (Å²) in [5.74, 6) is -0.117. The average Bonchev–Trinajstić information content (AvgIpc) is 3.33. The number of amides is 3. The van der Waals surface area contributed by atoms with Crippen LogP contribution in [0.2, 0.25) is 0 Å². The highest BCUT2D eigenvalue weighted by atomic mass is 16.6. The first kappa shape index (κ1) is 20.6. The molecule has 2 fully saturated rings. The van der Waals surface area contributed by atoms with Crippen molar-refractivity contribution in [2.45, 2.75) is 63.3 Å². The molecule has 0 radical (unpaired) electrons. The number of aryl methyl sites for hydroxylation is 1. The molecule has 1 aromatic heterocycles. The molecule has 2 aliphatic heterocycles. The van der Waals surface area contributed by atoms with Gasteiger partial charge in [0.1, 0.15) is 18.3 Å². The van der Waals surface area contributed by atoms with E-state index in [1.165, 1.54) is 0 Å². The van der Waals surface area contributed by atoms with Gasteiger partial charge in [-0.1, -0.05) is 6.92 Å². The zero-order valence-electron chi connectivity index (χ0n) is 16.3. The fourth-order valence-electron chi connectivity index (χ4n) is 3.55. The van der Waals surface area contributed by atoms with Gasteiger partial charge in [0, 0.05) is 44.9 Å². The van der Waals surface area contributed by atoms with Crippen LogP contribution in [0.5, 0.6) is 0 Å². The second kappa shape index (κ2) is 9.35. The van der Waals surface area contributed by atoms with Gasteiger partial charge in [-0.05, 0) is 6.42 Å². The Morgan fingerprint density at radius 2 is 2.14 bits per heavy atom. The van der Waals surface area contributed by atoms with E-state index in [9.17, 15) is 14.7 Å². The van der Waals surface area contributed by atoms with E-state index in [2.05, 4.69) is 21.0 Å². The molecule has 28 heavy (non-hydrogen) atoms. The summed E-state index contributed by atoms with van der Waals surface area (Å²) in [6.07, 6.45) is 2.79. The van der Waals surface area contributed by atoms with Gasteiger partial charge in [0.05, 0.1) is 24.8 Å². The molecule has 5 atom stereocenters. The second-order valence-corrected chi connectivity index (χ2v) is 7.30. The van der Waals surface area contributed by atoms with Gasteiger partial charge < -0.3 is 30.5 Å². The molecule has 0 saturated carbocycles. The molecule has 0 aromatic carbocycles. The Morgan fingerprint density at radius 3 is 2.82 bits per heavy atom. The lowest BCUT2D eigenvalue weighted by Gasteiger charge is -2.20. The van der Waals surface area contributed by atoms with Gasteiger partial charge in [-0.3, -0.25) is 9.48 Å². The van der Waals surface area contributed by atoms with E-state index in [1.807, 2.05) is 20.2 Å². The minimum absolute atomic E-state index is 0.117. The van der Waals surface area contributed by atoms with Crippen molar-refractivity contribution in [2.24, 2.45) is 7.05 Å². The molecular formula is C18H29N5O5. The van der Waals surface area contributed by atoms with Gasteiger partial charge in [-0.15, -0.1) is 0 Å². The maximum atomic E-state index is 12.1. The average molecular weight is 395 g/mol. The van der Waals surface area contributed by atoms with Gasteiger partial charge in [0.15, 0.2) is 0 Å². The summed E-state index contributed by atoms with van der Waals surface area (Å²) >= 11 is 0. The Hall–Kier alpha value is -2.17. The standard InChI is InChI=1S/C18H29N5O5/c1-3-4-19-18(26)21-9-14-16(25)17-13(28-14)5-12(27-17)6-15(24)20-7-11-8-22-23(2)10-11/h8,10,12-14,16-17,25H,3-7,9H2,1-2H3,(H,20,24)(H2,19,21,26). The molecule has 5 unspecified atom stereocenters. The number of hydrogen-bond donors (Lipinski definition) is 4. The molecule has 3 heterocycles. The quantitative estimate of drug-likeness (QED) is 0.467. The Kier molecular flexibility index (Phi) is 6.87. The van der Waals surface area contributed by atoms with Crippen molar-refractivity contribution < 1.29 is 24.2 Å². The molecule has 2 aliphatic rings. The highest BCUT2D eigenvalue weighted by Crippen LogP contribution is 2.35. The number of aromatic nitrogens is 2. The number of carbonyl (C=O) groups excluding carboxylic acids is 2. The van der Waals surface area contributed by atoms with E-state index in [4.69, 9.17) is 9.47 Å². The van der Waals surface area contributed by atoms with E-state index in [1.54, 1.807) is 10.9 Å². The maximum Gasteiger partial charge on any atom is 0.314 e. The summed E-state index contributed by atoms with van der Waals surface area (Å²) in [5, 5.41) is 22.7. The summed E-state index contributed by atoms with van der Waals surface area (Å²) in [7, 11) is 1.82. The van der Waals surface area contributed by atoms with E-state index in [0.29, 0.717) is 19.5 Å². The van der Waals surface area contributed by atoms with Crippen molar-refractivity contribution in [1.82, 2.24) is 25.7 Å². The summed E-state index contributed by atoms with van der Waals surface area (Å²) in [6, 6.07) is -0.279. The Labute approximate surface area is 163 Å². The minimum Gasteiger partial charge on any atom is -0.388 e. The van der Waals surface area contributed by atoms with Crippen LogP contribution in [0.25, 0.3) is 0 Å². The van der Waals surface area contributed by atoms with E-state index in [-0.39, 0.29) is 37.1 Å². The fourth-order valence-corrected chi connectivity index (χ4v) is 3.55. The van der Waals surface area contributed by atoms with Crippen molar-refractivity contribution in [1.29, 1.82) is 0 Å². The Morgan fingerprint density at radius 1 is 1.32 bits per heavy atom. The van der Waals surface area contributed by atoms with Crippen LogP contribution in [0.4, 0.5) is 4.79 Å². The molecule has 10 heteroatoms. The number of aliphatic hydroxyl groups excluding tert-OH is 1. The zero-order valence-corrected chi connectivity index (χ0v) is 16.3. The van der Waals surface area contributed by atoms with Crippen LogP contribution in [0.15, 0.2) is 12.4 Å². The normalized spacial score (nSPS) is 28.8. The molecule has 2 saturated heterocycles. The highest BCUT2D eigenvalue weighted by Gasteiger charge is 2.50. The number of urea groups is 1. The van der Waals surface area contributed by atoms with Crippen LogP contribution in [0.1, 0.15) is 31.7 Å². The molecule has 0 spiro atoms. The summed E-state index contributed by atoms with van der Waals surface area (Å²) in [6.45, 7) is 3.19. The third-order valence-corrected chi connectivity index (χ3v) is 4.94. The monoisotopic (exact) mass is 395 g/mol. The number of hydrogen-bond acceptors (Lipinski definition) is 6. The van der Waals surface area contributed by atoms with Crippen LogP contribution in [0.3, 0.4) is 0 Å². The molecule has 10 nitrogen and oxygen atoms in total. The second-order valence-electron chi connectivity index (χ2n) is 7.30. The van der Waals surface area contributed by atoms with Crippen molar-refractivity contribution in [3.8, 4) is 0 Å². The first-order valence-electron chi connectivity index (χ1n) is 9.71. The molecule has 0 bridgehead atoms. The highest BCUT2D eigenvalue weighted by molar-refractivity contribution is 5.76. The van der Waals surface area contributed by atoms with Crippen LogP contribution in [-0.2, 0) is 27.9 Å². The van der Waals surface area contributed by atoms with Crippen molar-refractivity contribution >= 4 is 11.9 Å². The number of nitrogens with one attached hydrogen (secondary N) is 3. The maximum absolute atomic E-state index is 12.1. The fraction of sp³-hybridized carbons (Fsp3) is 0.722. The smallest absolute Gasteiger partial charge is 0.314 e. The number of carbonyl (C=O) groups is 2. The van der Waals surface area contributed by atoms with Gasteiger partial charge in [-0.25, -0.2) is 4.79 Å². The number of fused-ring (bicyclic) bond motifs is 1. The predicted octanol–water partition coefficient (Wildman–Crippen LogP) is -0.579. The molecule has 1 aromatic rings. The van der Waals surface area contributed by atoms with E-state index in [0.717, 1.165) is 12.0 Å². The number of aliphatic hydroxyl groups is 1. The number of rotatable bonds is 8. The largest absolute Gasteiger partial charge is 0.388 e. The van der Waals surface area contributed by atoms with Crippen LogP contribution in [-0.4, -0.2) is 70.4 Å². The first-order chi connectivity index (χ1) is 13.5. The van der Waals surface area contributed by atoms with E-state index < -0.39 is 18.3 Å². The predicted molar refractivity (Wildman–Crippen MR) is 99.3 cm³/mol. The Balaban J connectivity index is 1.37. The lowest BCUT2D eigenvalue weighted by Crippen LogP contribution is -2.44. The summed E-state index contributed by atoms with van der Waals surface area (Å²) < 4.78 is 13.4. The molecule has 4 N–H and O–H groups in total. The van der Waals surface area contributed by atoms with Crippen LogP contribution < -0.4 is 16.0 Å². The molecule has 0 aliphatic carbocycles. The van der Waals surface area contributed by atoms with Crippen LogP contribution >= 0.6 is 0 Å². The third-order valence-electron chi connectivity index (χ3n) is 4.94. The minimum atomic E-state index is -0.833. The topological polar surface area (TPSA) is 127 Å². The zero-order chi connectivity index (χ0) is 20.1. The van der Waals surface area contributed by atoms with Crippen molar-refractivity contribution in [3.05, 3.63) is 18.0 Å². The van der Waals surface area contributed by atoms with E-state index >= 15 is 0 Å². The van der Waals surface area contributed by atoms with Crippen molar-refractivity contribution in [3.63, 3.8) is 0 Å². The third kappa shape index (κ3) is 5.21. The molecule has 3 rings (SSSR count). The molecule has 156 valence electrons. The Bertz CT molecular complexity index is 681. The lowest BCUT2D eigenvalue weighted by atomic mass is 10.1. The van der Waals surface area contributed by atoms with Gasteiger partial charge in [0.2, 0.25) is 5.91 Å². The number of nitrogens with zero attached hydrogens (tertiary/aromatic N) is 2. The summed E-state index contributed by atoms with van der Waals surface area (Å²) in [4.78, 5) is 23.7. The molecule has 3 amide bonds.